The van der Waals surface area contributed by atoms with E-state index in [2.05, 4.69) is 4.98 Å². The van der Waals surface area contributed by atoms with Crippen LogP contribution in [0.15, 0.2) is 53.6 Å². The van der Waals surface area contributed by atoms with E-state index in [0.29, 0.717) is 23.9 Å². The minimum absolute atomic E-state index is 0.0174. The molecular formula is C26H23ClF4N2O5S. The van der Waals surface area contributed by atoms with Crippen molar-refractivity contribution in [1.82, 2.24) is 9.29 Å². The molecule has 1 unspecified atom stereocenters. The van der Waals surface area contributed by atoms with Gasteiger partial charge in [0.05, 0.1) is 27.3 Å². The van der Waals surface area contributed by atoms with Crippen LogP contribution in [0.2, 0.25) is 5.02 Å². The molecule has 5 rings (SSSR count). The third kappa shape index (κ3) is 5.98. The van der Waals surface area contributed by atoms with Crippen LogP contribution in [0.4, 0.5) is 17.6 Å². The first-order valence-electron chi connectivity index (χ1n) is 12.1. The van der Waals surface area contributed by atoms with E-state index < -0.39 is 27.6 Å². The maximum atomic E-state index is 13.8. The van der Waals surface area contributed by atoms with Crippen LogP contribution in [-0.2, 0) is 27.5 Å². The van der Waals surface area contributed by atoms with E-state index in [1.165, 1.54) is 12.1 Å². The maximum absolute atomic E-state index is 13.8. The monoisotopic (exact) mass is 586 g/mol. The molecule has 0 radical (unpaired) electrons. The van der Waals surface area contributed by atoms with Crippen molar-refractivity contribution in [2.24, 2.45) is 0 Å². The Bertz CT molecular complexity index is 1480. The molecule has 208 valence electrons. The molecule has 1 aromatic heterocycles. The largest absolute Gasteiger partial charge is 0.488 e. The van der Waals surface area contributed by atoms with E-state index in [-0.39, 0.29) is 59.5 Å². The van der Waals surface area contributed by atoms with Gasteiger partial charge >= 0.3 is 6.18 Å². The maximum Gasteiger partial charge on any atom is 0.417 e. The minimum atomic E-state index is -4.63. The Morgan fingerprint density at radius 3 is 2.67 bits per heavy atom. The van der Waals surface area contributed by atoms with Gasteiger partial charge in [-0.3, -0.25) is 4.98 Å². The van der Waals surface area contributed by atoms with Gasteiger partial charge in [0.25, 0.3) is 0 Å². The zero-order valence-electron chi connectivity index (χ0n) is 20.4. The van der Waals surface area contributed by atoms with Crippen molar-refractivity contribution < 1.29 is 40.2 Å². The highest BCUT2D eigenvalue weighted by Crippen LogP contribution is 2.41. The van der Waals surface area contributed by atoms with Gasteiger partial charge < -0.3 is 14.2 Å². The van der Waals surface area contributed by atoms with E-state index in [0.717, 1.165) is 35.3 Å². The van der Waals surface area contributed by atoms with E-state index in [4.69, 9.17) is 25.8 Å². The average molecular weight is 587 g/mol. The summed E-state index contributed by atoms with van der Waals surface area (Å²) in [5.41, 5.74) is -0.261. The molecule has 2 aliphatic rings. The molecule has 3 heterocycles. The van der Waals surface area contributed by atoms with Gasteiger partial charge in [0, 0.05) is 37.0 Å². The number of hydrogen-bond acceptors (Lipinski definition) is 6. The number of sulfonamides is 1. The van der Waals surface area contributed by atoms with Crippen LogP contribution in [0, 0.1) is 5.82 Å². The first kappa shape index (κ1) is 27.6. The third-order valence-corrected chi connectivity index (χ3v) is 8.52. The van der Waals surface area contributed by atoms with Crippen molar-refractivity contribution in [2.75, 3.05) is 26.4 Å². The number of nitrogens with zero attached hydrogens (tertiary/aromatic N) is 2. The Morgan fingerprint density at radius 1 is 1.15 bits per heavy atom. The standard InChI is InChI=1S/C26H23ClF4N2O5S/c27-22-11-18(26(29,30)31)13-32-24(22)16-9-17-14-33(39(34,35)21-5-1-3-19(28)12-21)6-8-37-25(17)23(10-16)38-15-20-4-2-7-36-20/h1,3,5,9-13,20H,2,4,6-8,14-15H2. The lowest BCUT2D eigenvalue weighted by molar-refractivity contribution is -0.137. The quantitative estimate of drug-likeness (QED) is 0.345. The Labute approximate surface area is 227 Å². The fraction of sp³-hybridized carbons (Fsp3) is 0.346. The van der Waals surface area contributed by atoms with Crippen molar-refractivity contribution in [3.8, 4) is 22.8 Å². The summed E-state index contributed by atoms with van der Waals surface area (Å²) >= 11 is 6.22. The van der Waals surface area contributed by atoms with Gasteiger partial charge in [-0.15, -0.1) is 0 Å². The molecule has 0 spiro atoms. The number of alkyl halides is 3. The Morgan fingerprint density at radius 2 is 1.97 bits per heavy atom. The highest BCUT2D eigenvalue weighted by Gasteiger charge is 2.33. The summed E-state index contributed by atoms with van der Waals surface area (Å²) in [7, 11) is -4.11. The van der Waals surface area contributed by atoms with Crippen LogP contribution in [-0.4, -0.2) is 50.2 Å². The summed E-state index contributed by atoms with van der Waals surface area (Å²) in [5.74, 6) is -0.157. The molecule has 0 N–H and O–H groups in total. The highest BCUT2D eigenvalue weighted by atomic mass is 35.5. The minimum Gasteiger partial charge on any atom is -0.488 e. The van der Waals surface area contributed by atoms with Gasteiger partial charge in [0.2, 0.25) is 10.0 Å². The molecule has 7 nitrogen and oxygen atoms in total. The topological polar surface area (TPSA) is 78.0 Å². The summed E-state index contributed by atoms with van der Waals surface area (Å²) in [5, 5.41) is -0.242. The fourth-order valence-corrected chi connectivity index (χ4v) is 6.16. The third-order valence-electron chi connectivity index (χ3n) is 6.39. The van der Waals surface area contributed by atoms with Gasteiger partial charge in [-0.25, -0.2) is 12.8 Å². The zero-order chi connectivity index (χ0) is 27.8. The number of ether oxygens (including phenoxy) is 3. The van der Waals surface area contributed by atoms with Crippen molar-refractivity contribution in [1.29, 1.82) is 0 Å². The fourth-order valence-electron chi connectivity index (χ4n) is 4.45. The van der Waals surface area contributed by atoms with Gasteiger partial charge in [0.15, 0.2) is 11.5 Å². The van der Waals surface area contributed by atoms with E-state index in [9.17, 15) is 26.0 Å². The van der Waals surface area contributed by atoms with Crippen molar-refractivity contribution in [3.05, 3.63) is 70.6 Å². The first-order valence-corrected chi connectivity index (χ1v) is 13.9. The van der Waals surface area contributed by atoms with Crippen LogP contribution in [0.1, 0.15) is 24.0 Å². The number of benzene rings is 2. The number of fused-ring (bicyclic) bond motifs is 1. The lowest BCUT2D eigenvalue weighted by atomic mass is 10.0. The van der Waals surface area contributed by atoms with Gasteiger partial charge in [-0.1, -0.05) is 17.7 Å². The summed E-state index contributed by atoms with van der Waals surface area (Å²) in [6.07, 6.45) is -2.41. The van der Waals surface area contributed by atoms with E-state index in [1.807, 2.05) is 0 Å². The molecule has 39 heavy (non-hydrogen) atoms. The van der Waals surface area contributed by atoms with Crippen LogP contribution < -0.4 is 9.47 Å². The molecule has 1 saturated heterocycles. The predicted molar refractivity (Wildman–Crippen MR) is 134 cm³/mol. The SMILES string of the molecule is O=S(=O)(c1cccc(F)c1)N1CCOc2c(cc(-c3ncc(C(F)(F)F)cc3Cl)cc2OCC2CCCO2)C1. The molecule has 1 atom stereocenters. The second-order valence-electron chi connectivity index (χ2n) is 9.11. The molecule has 2 aliphatic heterocycles. The summed E-state index contributed by atoms with van der Waals surface area (Å²) < 4.78 is 98.7. The summed E-state index contributed by atoms with van der Waals surface area (Å²) in [6.45, 7) is 0.583. The van der Waals surface area contributed by atoms with Crippen molar-refractivity contribution >= 4 is 21.6 Å². The Balaban J connectivity index is 1.55. The normalized spacial score (nSPS) is 18.3. The van der Waals surface area contributed by atoms with Gasteiger partial charge in [-0.2, -0.15) is 17.5 Å². The molecule has 2 aromatic carbocycles. The van der Waals surface area contributed by atoms with E-state index >= 15 is 0 Å². The Hall–Kier alpha value is -2.93. The van der Waals surface area contributed by atoms with Crippen LogP contribution in [0.3, 0.4) is 0 Å². The molecule has 0 saturated carbocycles. The summed E-state index contributed by atoms with van der Waals surface area (Å²) in [4.78, 5) is 3.73. The first-order chi connectivity index (χ1) is 18.5. The molecule has 0 bridgehead atoms. The smallest absolute Gasteiger partial charge is 0.417 e. The number of hydrogen-bond donors (Lipinski definition) is 0. The summed E-state index contributed by atoms with van der Waals surface area (Å²) in [6, 6.07) is 8.55. The predicted octanol–water partition coefficient (Wildman–Crippen LogP) is 5.70. The molecular weight excluding hydrogens is 564 g/mol. The molecule has 1 fully saturated rings. The van der Waals surface area contributed by atoms with Crippen molar-refractivity contribution in [3.63, 3.8) is 0 Å². The lowest BCUT2D eigenvalue weighted by Crippen LogP contribution is -2.32. The van der Waals surface area contributed by atoms with Crippen LogP contribution in [0.5, 0.6) is 11.5 Å². The van der Waals surface area contributed by atoms with Gasteiger partial charge in [-0.05, 0) is 49.2 Å². The number of rotatable bonds is 6. The Kier molecular flexibility index (Phi) is 7.73. The van der Waals surface area contributed by atoms with Crippen LogP contribution in [0.25, 0.3) is 11.3 Å². The highest BCUT2D eigenvalue weighted by molar-refractivity contribution is 7.89. The molecule has 3 aromatic rings. The van der Waals surface area contributed by atoms with E-state index in [1.54, 1.807) is 12.1 Å². The van der Waals surface area contributed by atoms with Crippen molar-refractivity contribution in [2.45, 2.75) is 36.6 Å². The second-order valence-corrected chi connectivity index (χ2v) is 11.5. The molecule has 0 amide bonds. The number of pyridine rings is 1. The van der Waals surface area contributed by atoms with Gasteiger partial charge in [0.1, 0.15) is 19.0 Å². The number of aromatic nitrogens is 1. The molecule has 13 heteroatoms. The average Bonchev–Trinajstić information content (AvgIpc) is 3.31. The lowest BCUT2D eigenvalue weighted by Gasteiger charge is -2.20. The second kappa shape index (κ2) is 10.9. The number of halogens is 5. The molecule has 0 aliphatic carbocycles. The van der Waals surface area contributed by atoms with Crippen LogP contribution >= 0.6 is 11.6 Å². The zero-order valence-corrected chi connectivity index (χ0v) is 22.0.